The smallest absolute Gasteiger partial charge is 0.291 e. The molecule has 1 saturated carbocycles. The van der Waals surface area contributed by atoms with Crippen LogP contribution in [-0.2, 0) is 5.41 Å². The third-order valence-electron chi connectivity index (χ3n) is 7.98. The van der Waals surface area contributed by atoms with E-state index in [2.05, 4.69) is 57.9 Å². The maximum absolute atomic E-state index is 12.8. The normalized spacial score (nSPS) is 21.8. The van der Waals surface area contributed by atoms with Crippen molar-refractivity contribution in [3.8, 4) is 0 Å². The average molecular weight is 545 g/mol. The van der Waals surface area contributed by atoms with E-state index in [1.807, 2.05) is 36.5 Å². The minimum absolute atomic E-state index is 0.147. The molecule has 3 aliphatic heterocycles. The molecule has 3 N–H and O–H groups in total. The molecule has 212 valence electrons. The molecule has 5 heterocycles. The van der Waals surface area contributed by atoms with Gasteiger partial charge in [0.25, 0.3) is 5.91 Å². The Balaban J connectivity index is 1.11. The SMILES string of the molecule is Cc1ncc(NC(=O)c2ccc(C(C)(C)C)o2)cc1N1C=C(C2C=C(N3CCN(CC4CC4)CC3)C=NC2)NN1. The molecule has 0 radical (unpaired) electrons. The lowest BCUT2D eigenvalue weighted by Gasteiger charge is -2.37. The van der Waals surface area contributed by atoms with Crippen molar-refractivity contribution in [2.45, 2.75) is 46.0 Å². The van der Waals surface area contributed by atoms with Crippen LogP contribution in [0.2, 0.25) is 0 Å². The van der Waals surface area contributed by atoms with E-state index in [9.17, 15) is 4.79 Å². The van der Waals surface area contributed by atoms with Crippen LogP contribution in [0.15, 0.2) is 57.5 Å². The second-order valence-corrected chi connectivity index (χ2v) is 12.3. The Bertz CT molecular complexity index is 1340. The maximum atomic E-state index is 12.8. The zero-order chi connectivity index (χ0) is 27.9. The largest absolute Gasteiger partial charge is 0.455 e. The van der Waals surface area contributed by atoms with Crippen LogP contribution in [0, 0.1) is 18.8 Å². The minimum atomic E-state index is -0.304. The number of rotatable bonds is 7. The van der Waals surface area contributed by atoms with Gasteiger partial charge in [0.15, 0.2) is 5.76 Å². The highest BCUT2D eigenvalue weighted by Crippen LogP contribution is 2.31. The lowest BCUT2D eigenvalue weighted by atomic mass is 9.94. The van der Waals surface area contributed by atoms with E-state index < -0.39 is 0 Å². The molecule has 4 aliphatic rings. The first-order chi connectivity index (χ1) is 19.2. The van der Waals surface area contributed by atoms with Crippen LogP contribution in [0.4, 0.5) is 11.4 Å². The van der Waals surface area contributed by atoms with Crippen LogP contribution in [-0.4, -0.2) is 66.2 Å². The highest BCUT2D eigenvalue weighted by Gasteiger charge is 2.29. The first-order valence-electron chi connectivity index (χ1n) is 14.3. The molecule has 2 fully saturated rings. The standard InChI is InChI=1S/C30H40N8O2/c1-20-26(14-23(16-32-20)33-29(39)27-7-8-28(40-27)30(2,3)4)38-19-25(34-35-38)22-13-24(17-31-15-22)37-11-9-36(10-12-37)18-21-5-6-21/h7-8,13-14,16-17,19,21-22,34-35H,5-6,9-12,15,18H2,1-4H3,(H,33,39). The Morgan fingerprint density at radius 1 is 1.18 bits per heavy atom. The number of aromatic nitrogens is 1. The van der Waals surface area contributed by atoms with Crippen molar-refractivity contribution in [2.75, 3.05) is 49.6 Å². The number of hydrogen-bond acceptors (Lipinski definition) is 9. The summed E-state index contributed by atoms with van der Waals surface area (Å²) in [5.41, 5.74) is 10.9. The van der Waals surface area contributed by atoms with Crippen molar-refractivity contribution < 1.29 is 9.21 Å². The van der Waals surface area contributed by atoms with Crippen LogP contribution in [0.5, 0.6) is 0 Å². The van der Waals surface area contributed by atoms with Gasteiger partial charge in [-0.3, -0.25) is 24.7 Å². The summed E-state index contributed by atoms with van der Waals surface area (Å²) < 4.78 is 5.79. The third kappa shape index (κ3) is 5.93. The number of pyridine rings is 1. The van der Waals surface area contributed by atoms with Gasteiger partial charge in [0.2, 0.25) is 0 Å². The van der Waals surface area contributed by atoms with E-state index in [-0.39, 0.29) is 23.0 Å². The number of aryl methyl sites for hydroxylation is 1. The van der Waals surface area contributed by atoms with Crippen LogP contribution < -0.4 is 21.3 Å². The van der Waals surface area contributed by atoms with Gasteiger partial charge >= 0.3 is 0 Å². The highest BCUT2D eigenvalue weighted by molar-refractivity contribution is 6.02. The monoisotopic (exact) mass is 544 g/mol. The summed E-state index contributed by atoms with van der Waals surface area (Å²) in [6.45, 7) is 14.4. The van der Waals surface area contributed by atoms with E-state index in [1.165, 1.54) is 25.1 Å². The number of nitrogens with zero attached hydrogens (tertiary/aromatic N) is 5. The van der Waals surface area contributed by atoms with Crippen molar-refractivity contribution in [3.05, 3.63) is 65.3 Å². The summed E-state index contributed by atoms with van der Waals surface area (Å²) in [4.78, 5) is 27.1. The van der Waals surface area contributed by atoms with Gasteiger partial charge < -0.3 is 20.1 Å². The van der Waals surface area contributed by atoms with Crippen molar-refractivity contribution in [3.63, 3.8) is 0 Å². The van der Waals surface area contributed by atoms with E-state index >= 15 is 0 Å². The summed E-state index contributed by atoms with van der Waals surface area (Å²) in [7, 11) is 0. The van der Waals surface area contributed by atoms with E-state index in [0.29, 0.717) is 12.2 Å². The number of amides is 1. The van der Waals surface area contributed by atoms with Crippen molar-refractivity contribution >= 4 is 23.5 Å². The Kier molecular flexibility index (Phi) is 7.14. The number of piperazine rings is 1. The number of hydrazine groups is 2. The van der Waals surface area contributed by atoms with Gasteiger partial charge in [0.05, 0.1) is 41.2 Å². The van der Waals surface area contributed by atoms with Gasteiger partial charge in [-0.1, -0.05) is 20.8 Å². The molecule has 1 aliphatic carbocycles. The number of furan rings is 1. The molecule has 1 amide bonds. The molecule has 0 spiro atoms. The number of anilines is 2. The summed E-state index contributed by atoms with van der Waals surface area (Å²) in [5, 5.41) is 4.82. The molecule has 1 atom stereocenters. The molecule has 2 aromatic rings. The topological polar surface area (TPSA) is 101 Å². The van der Waals surface area contributed by atoms with Gasteiger partial charge in [-0.25, -0.2) is 0 Å². The van der Waals surface area contributed by atoms with Crippen molar-refractivity contribution in [2.24, 2.45) is 16.8 Å². The third-order valence-corrected chi connectivity index (χ3v) is 7.98. The van der Waals surface area contributed by atoms with Gasteiger partial charge in [0, 0.05) is 56.5 Å². The Hall–Kier alpha value is -3.63. The summed E-state index contributed by atoms with van der Waals surface area (Å²) in [6.07, 6.45) is 10.9. The minimum Gasteiger partial charge on any atom is -0.455 e. The van der Waals surface area contributed by atoms with Gasteiger partial charge in [-0.05, 0) is 50.0 Å². The fourth-order valence-electron chi connectivity index (χ4n) is 5.33. The van der Waals surface area contributed by atoms with Gasteiger partial charge in [0.1, 0.15) is 5.76 Å². The van der Waals surface area contributed by atoms with E-state index in [1.54, 1.807) is 12.3 Å². The quantitative estimate of drug-likeness (QED) is 0.484. The number of allylic oxidation sites excluding steroid dienone is 1. The molecule has 10 heteroatoms. The molecule has 1 saturated heterocycles. The fourth-order valence-corrected chi connectivity index (χ4v) is 5.33. The summed E-state index contributed by atoms with van der Waals surface area (Å²) >= 11 is 0. The second kappa shape index (κ2) is 10.7. The number of carbonyl (C=O) groups excluding carboxylic acids is 1. The van der Waals surface area contributed by atoms with E-state index in [0.717, 1.165) is 54.9 Å². The molecule has 6 rings (SSSR count). The maximum Gasteiger partial charge on any atom is 0.291 e. The summed E-state index contributed by atoms with van der Waals surface area (Å²) in [6, 6.07) is 5.47. The Labute approximate surface area is 236 Å². The predicted molar refractivity (Wildman–Crippen MR) is 157 cm³/mol. The average Bonchev–Trinajstić information content (AvgIpc) is 3.39. The Morgan fingerprint density at radius 2 is 1.98 bits per heavy atom. The molecule has 0 bridgehead atoms. The zero-order valence-electron chi connectivity index (χ0n) is 23.9. The molecular weight excluding hydrogens is 504 g/mol. The predicted octanol–water partition coefficient (Wildman–Crippen LogP) is 3.82. The van der Waals surface area contributed by atoms with E-state index in [4.69, 9.17) is 9.41 Å². The van der Waals surface area contributed by atoms with Crippen LogP contribution >= 0.6 is 0 Å². The number of carbonyl (C=O) groups is 1. The molecular formula is C30H40N8O2. The first-order valence-corrected chi connectivity index (χ1v) is 14.3. The highest BCUT2D eigenvalue weighted by atomic mass is 16.4. The van der Waals surface area contributed by atoms with Crippen LogP contribution in [0.25, 0.3) is 0 Å². The molecule has 2 aromatic heterocycles. The number of nitrogens with one attached hydrogen (secondary N) is 3. The molecule has 40 heavy (non-hydrogen) atoms. The second-order valence-electron chi connectivity index (χ2n) is 12.3. The summed E-state index contributed by atoms with van der Waals surface area (Å²) in [5.74, 6) is 1.83. The Morgan fingerprint density at radius 3 is 2.70 bits per heavy atom. The van der Waals surface area contributed by atoms with Crippen LogP contribution in [0.1, 0.15) is 55.6 Å². The fraction of sp³-hybridized carbons (Fsp3) is 0.500. The first kappa shape index (κ1) is 26.6. The molecule has 10 nitrogen and oxygen atoms in total. The van der Waals surface area contributed by atoms with Gasteiger partial charge in [-0.2, -0.15) is 0 Å². The van der Waals surface area contributed by atoms with Crippen LogP contribution in [0.3, 0.4) is 0 Å². The number of dihydropyridines is 1. The number of aliphatic imine (C=N–C) groups is 1. The molecule has 0 aromatic carbocycles. The molecule has 1 unspecified atom stereocenters. The lowest BCUT2D eigenvalue weighted by Crippen LogP contribution is -2.47. The number of hydrogen-bond donors (Lipinski definition) is 3. The van der Waals surface area contributed by atoms with Crippen molar-refractivity contribution in [1.29, 1.82) is 0 Å². The zero-order valence-corrected chi connectivity index (χ0v) is 23.9. The van der Waals surface area contributed by atoms with Gasteiger partial charge in [-0.15, -0.1) is 5.53 Å². The lowest BCUT2D eigenvalue weighted by molar-refractivity contribution is 0.0993. The van der Waals surface area contributed by atoms with Crippen molar-refractivity contribution in [1.82, 2.24) is 25.7 Å².